The number of anilines is 1. The number of imidazole rings is 1. The Hall–Kier alpha value is -1.81. The van der Waals surface area contributed by atoms with E-state index in [0.29, 0.717) is 0 Å². The van der Waals surface area contributed by atoms with Crippen molar-refractivity contribution in [3.05, 3.63) is 64.5 Å². The van der Waals surface area contributed by atoms with E-state index >= 15 is 0 Å². The van der Waals surface area contributed by atoms with E-state index in [0.717, 1.165) is 28.0 Å². The quantitative estimate of drug-likeness (QED) is 0.791. The van der Waals surface area contributed by atoms with E-state index in [1.807, 2.05) is 34.9 Å². The lowest BCUT2D eigenvalue weighted by molar-refractivity contribution is 1.07. The van der Waals surface area contributed by atoms with Crippen LogP contribution in [0.3, 0.4) is 0 Å². The summed E-state index contributed by atoms with van der Waals surface area (Å²) in [4.78, 5) is 4.57. The molecule has 0 atom stereocenters. The van der Waals surface area contributed by atoms with Gasteiger partial charge >= 0.3 is 0 Å². The van der Waals surface area contributed by atoms with Crippen molar-refractivity contribution in [2.24, 2.45) is 0 Å². The number of pyridine rings is 1. The zero-order valence-corrected chi connectivity index (χ0v) is 12.2. The maximum Gasteiger partial charge on any atom is 0.137 e. The van der Waals surface area contributed by atoms with Crippen molar-refractivity contribution in [3.8, 4) is 0 Å². The lowest BCUT2D eigenvalue weighted by atomic mass is 10.2. The van der Waals surface area contributed by atoms with Gasteiger partial charge in [-0.05, 0) is 36.8 Å². The third kappa shape index (κ3) is 2.63. The second kappa shape index (κ2) is 5.05. The molecule has 0 saturated carbocycles. The van der Waals surface area contributed by atoms with Crippen LogP contribution >= 0.6 is 15.9 Å². The summed E-state index contributed by atoms with van der Waals surface area (Å²) in [6, 6.07) is 12.2. The van der Waals surface area contributed by atoms with Crippen molar-refractivity contribution >= 4 is 27.3 Å². The molecule has 3 rings (SSSR count). The maximum atomic E-state index is 4.57. The van der Waals surface area contributed by atoms with Gasteiger partial charge in [-0.1, -0.05) is 28.1 Å². The monoisotopic (exact) mass is 315 g/mol. The molecule has 4 heteroatoms. The molecular weight excluding hydrogens is 302 g/mol. The Kier molecular flexibility index (Phi) is 3.25. The molecule has 0 radical (unpaired) electrons. The Labute approximate surface area is 120 Å². The molecule has 2 aromatic heterocycles. The molecule has 0 unspecified atom stereocenters. The Morgan fingerprint density at radius 1 is 1.26 bits per heavy atom. The summed E-state index contributed by atoms with van der Waals surface area (Å²) in [6.45, 7) is 2.82. The van der Waals surface area contributed by atoms with Gasteiger partial charge < -0.3 is 9.72 Å². The van der Waals surface area contributed by atoms with Crippen molar-refractivity contribution < 1.29 is 0 Å². The molecule has 0 saturated heterocycles. The molecule has 2 heterocycles. The van der Waals surface area contributed by atoms with Crippen LogP contribution in [0.2, 0.25) is 0 Å². The maximum absolute atomic E-state index is 4.57. The number of aryl methyl sites for hydroxylation is 1. The third-order valence-electron chi connectivity index (χ3n) is 3.07. The highest BCUT2D eigenvalue weighted by Crippen LogP contribution is 2.21. The first-order chi connectivity index (χ1) is 9.22. The molecule has 0 aliphatic rings. The van der Waals surface area contributed by atoms with Crippen molar-refractivity contribution in [2.75, 3.05) is 5.32 Å². The Balaban J connectivity index is 1.80. The molecule has 1 N–H and O–H groups in total. The molecular formula is C15H14BrN3. The highest BCUT2D eigenvalue weighted by atomic mass is 79.9. The van der Waals surface area contributed by atoms with E-state index in [1.165, 1.54) is 5.56 Å². The highest BCUT2D eigenvalue weighted by molar-refractivity contribution is 9.10. The van der Waals surface area contributed by atoms with Crippen LogP contribution in [0, 0.1) is 6.92 Å². The van der Waals surface area contributed by atoms with Crippen molar-refractivity contribution in [1.82, 2.24) is 9.38 Å². The van der Waals surface area contributed by atoms with Crippen molar-refractivity contribution in [1.29, 1.82) is 0 Å². The van der Waals surface area contributed by atoms with Crippen LogP contribution in [-0.4, -0.2) is 9.38 Å². The molecule has 0 aliphatic heterocycles. The average Bonchev–Trinajstić information content (AvgIpc) is 2.82. The summed E-state index contributed by atoms with van der Waals surface area (Å²) in [6.07, 6.45) is 4.06. The summed E-state index contributed by atoms with van der Waals surface area (Å²) in [7, 11) is 0. The fraction of sp³-hybridized carbons (Fsp3) is 0.133. The molecule has 19 heavy (non-hydrogen) atoms. The first-order valence-corrected chi connectivity index (χ1v) is 6.94. The fourth-order valence-corrected chi connectivity index (χ4v) is 2.40. The Bertz CT molecular complexity index is 685. The van der Waals surface area contributed by atoms with Gasteiger partial charge in [0.1, 0.15) is 5.65 Å². The fourth-order valence-electron chi connectivity index (χ4n) is 2.04. The number of halogens is 1. The van der Waals surface area contributed by atoms with E-state index in [9.17, 15) is 0 Å². The lowest BCUT2D eigenvalue weighted by Crippen LogP contribution is -2.01. The van der Waals surface area contributed by atoms with E-state index in [-0.39, 0.29) is 0 Å². The molecule has 3 nitrogen and oxygen atoms in total. The highest BCUT2D eigenvalue weighted by Gasteiger charge is 2.02. The Morgan fingerprint density at radius 2 is 2.16 bits per heavy atom. The minimum Gasteiger partial charge on any atom is -0.379 e. The SMILES string of the molecule is Cc1ccc(Br)cc1NCc1cn2ccccc2n1. The second-order valence-corrected chi connectivity index (χ2v) is 5.43. The second-order valence-electron chi connectivity index (χ2n) is 4.51. The summed E-state index contributed by atoms with van der Waals surface area (Å²) in [5, 5.41) is 3.43. The molecule has 0 spiro atoms. The smallest absolute Gasteiger partial charge is 0.137 e. The topological polar surface area (TPSA) is 29.3 Å². The van der Waals surface area contributed by atoms with Crippen LogP contribution in [0.4, 0.5) is 5.69 Å². The molecule has 0 bridgehead atoms. The van der Waals surface area contributed by atoms with Gasteiger partial charge in [0.25, 0.3) is 0 Å². The van der Waals surface area contributed by atoms with Crippen LogP contribution in [-0.2, 0) is 6.54 Å². The van der Waals surface area contributed by atoms with E-state index in [4.69, 9.17) is 0 Å². The predicted molar refractivity (Wildman–Crippen MR) is 81.4 cm³/mol. The first-order valence-electron chi connectivity index (χ1n) is 6.15. The van der Waals surface area contributed by atoms with E-state index < -0.39 is 0 Å². The number of benzene rings is 1. The van der Waals surface area contributed by atoms with Gasteiger partial charge in [-0.15, -0.1) is 0 Å². The summed E-state index contributed by atoms with van der Waals surface area (Å²) in [5.74, 6) is 0. The first kappa shape index (κ1) is 12.2. The average molecular weight is 316 g/mol. The number of nitrogens with one attached hydrogen (secondary N) is 1. The summed E-state index contributed by atoms with van der Waals surface area (Å²) >= 11 is 3.49. The van der Waals surface area contributed by atoms with Gasteiger partial charge in [-0.3, -0.25) is 0 Å². The predicted octanol–water partition coefficient (Wildman–Crippen LogP) is 4.02. The van der Waals surface area contributed by atoms with Gasteiger partial charge in [-0.25, -0.2) is 4.98 Å². The van der Waals surface area contributed by atoms with E-state index in [2.05, 4.69) is 51.5 Å². The number of hydrogen-bond acceptors (Lipinski definition) is 2. The lowest BCUT2D eigenvalue weighted by Gasteiger charge is -2.08. The van der Waals surface area contributed by atoms with Crippen molar-refractivity contribution in [2.45, 2.75) is 13.5 Å². The number of hydrogen-bond donors (Lipinski definition) is 1. The van der Waals surface area contributed by atoms with Gasteiger partial charge in [0.05, 0.1) is 12.2 Å². The van der Waals surface area contributed by atoms with Crippen LogP contribution < -0.4 is 5.32 Å². The largest absolute Gasteiger partial charge is 0.379 e. The third-order valence-corrected chi connectivity index (χ3v) is 3.57. The zero-order chi connectivity index (χ0) is 13.2. The number of aromatic nitrogens is 2. The van der Waals surface area contributed by atoms with Gasteiger partial charge in [-0.2, -0.15) is 0 Å². The number of nitrogens with zero attached hydrogens (tertiary/aromatic N) is 2. The van der Waals surface area contributed by atoms with Gasteiger partial charge in [0.2, 0.25) is 0 Å². The standard InChI is InChI=1S/C15H14BrN3/c1-11-5-6-12(16)8-14(11)17-9-13-10-19-7-3-2-4-15(19)18-13/h2-8,10,17H,9H2,1H3. The molecule has 3 aromatic rings. The molecule has 0 aliphatic carbocycles. The summed E-state index contributed by atoms with van der Waals surface area (Å²) < 4.78 is 3.11. The Morgan fingerprint density at radius 3 is 3.00 bits per heavy atom. The molecule has 0 amide bonds. The number of fused-ring (bicyclic) bond motifs is 1. The minimum absolute atomic E-state index is 0.721. The van der Waals surface area contributed by atoms with Crippen LogP contribution in [0.25, 0.3) is 5.65 Å². The molecule has 0 fully saturated rings. The van der Waals surface area contributed by atoms with Crippen LogP contribution in [0.5, 0.6) is 0 Å². The minimum atomic E-state index is 0.721. The van der Waals surface area contributed by atoms with Crippen LogP contribution in [0.1, 0.15) is 11.3 Å². The molecule has 1 aromatic carbocycles. The normalized spacial score (nSPS) is 10.8. The van der Waals surface area contributed by atoms with Gasteiger partial charge in [0, 0.05) is 22.6 Å². The number of rotatable bonds is 3. The molecule has 96 valence electrons. The van der Waals surface area contributed by atoms with Crippen molar-refractivity contribution in [3.63, 3.8) is 0 Å². The zero-order valence-electron chi connectivity index (χ0n) is 10.6. The van der Waals surface area contributed by atoms with Crippen LogP contribution in [0.15, 0.2) is 53.3 Å². The van der Waals surface area contributed by atoms with Gasteiger partial charge in [0.15, 0.2) is 0 Å². The van der Waals surface area contributed by atoms with E-state index in [1.54, 1.807) is 0 Å². The summed E-state index contributed by atoms with van der Waals surface area (Å²) in [5.41, 5.74) is 4.37.